The van der Waals surface area contributed by atoms with Crippen LogP contribution >= 0.6 is 0 Å². The van der Waals surface area contributed by atoms with E-state index in [4.69, 9.17) is 4.52 Å². The van der Waals surface area contributed by atoms with Crippen LogP contribution in [0.5, 0.6) is 0 Å². The monoisotopic (exact) mass is 384 g/mol. The fourth-order valence-electron chi connectivity index (χ4n) is 4.16. The van der Waals surface area contributed by atoms with Gasteiger partial charge in [0.15, 0.2) is 5.82 Å². The summed E-state index contributed by atoms with van der Waals surface area (Å²) >= 11 is 0. The molecule has 0 bridgehead atoms. The van der Waals surface area contributed by atoms with Gasteiger partial charge in [-0.2, -0.15) is 4.98 Å². The first-order valence-corrected chi connectivity index (χ1v) is 9.80. The van der Waals surface area contributed by atoms with E-state index in [2.05, 4.69) is 10.1 Å². The summed E-state index contributed by atoms with van der Waals surface area (Å²) in [5, 5.41) is 4.07. The summed E-state index contributed by atoms with van der Waals surface area (Å²) in [5.41, 5.74) is 0.616. The van der Waals surface area contributed by atoms with Gasteiger partial charge in [0.2, 0.25) is 17.7 Å². The average molecular weight is 384 g/mol. The summed E-state index contributed by atoms with van der Waals surface area (Å²) in [4.78, 5) is 33.5. The van der Waals surface area contributed by atoms with Crippen LogP contribution in [-0.4, -0.2) is 39.9 Å². The van der Waals surface area contributed by atoms with E-state index in [1.165, 1.54) is 12.1 Å². The number of carbonyl (C=O) groups is 2. The third-order valence-electron chi connectivity index (χ3n) is 5.83. The molecule has 2 saturated heterocycles. The molecule has 8 heteroatoms. The minimum atomic E-state index is -0.413. The highest BCUT2D eigenvalue weighted by atomic mass is 19.1. The van der Waals surface area contributed by atoms with E-state index in [0.29, 0.717) is 30.6 Å². The summed E-state index contributed by atoms with van der Waals surface area (Å²) in [7, 11) is 0. The minimum absolute atomic E-state index is 0.0494. The molecule has 0 radical (unpaired) electrons. The normalized spacial score (nSPS) is 25.0. The highest BCUT2D eigenvalue weighted by Gasteiger charge is 2.42. The molecule has 2 unspecified atom stereocenters. The third kappa shape index (κ3) is 3.06. The lowest BCUT2D eigenvalue weighted by atomic mass is 10.1. The number of likely N-dealkylation sites (tertiary alicyclic amines) is 1. The smallest absolute Gasteiger partial charge is 0.249 e. The number of halogens is 1. The lowest BCUT2D eigenvalue weighted by Gasteiger charge is -2.25. The Hall–Kier alpha value is -2.77. The molecule has 3 heterocycles. The lowest BCUT2D eigenvalue weighted by Crippen LogP contribution is -2.37. The molecule has 2 aromatic rings. The Bertz CT molecular complexity index is 908. The van der Waals surface area contributed by atoms with Crippen molar-refractivity contribution < 1.29 is 18.5 Å². The molecule has 2 atom stereocenters. The van der Waals surface area contributed by atoms with Crippen LogP contribution in [0.25, 0.3) is 0 Å². The van der Waals surface area contributed by atoms with E-state index in [1.807, 2.05) is 0 Å². The number of nitrogens with zero attached hydrogens (tertiary/aromatic N) is 4. The van der Waals surface area contributed by atoms with Crippen LogP contribution in [0.2, 0.25) is 0 Å². The van der Waals surface area contributed by atoms with E-state index in [0.717, 1.165) is 31.5 Å². The van der Waals surface area contributed by atoms with Gasteiger partial charge in [0.1, 0.15) is 11.9 Å². The van der Waals surface area contributed by atoms with Gasteiger partial charge in [-0.05, 0) is 49.9 Å². The summed E-state index contributed by atoms with van der Waals surface area (Å²) in [6.07, 6.45) is 4.02. The molecular formula is C20H21FN4O3. The maximum atomic E-state index is 13.2. The topological polar surface area (TPSA) is 79.5 Å². The van der Waals surface area contributed by atoms with Crippen LogP contribution in [0, 0.1) is 11.7 Å². The Morgan fingerprint density at radius 1 is 1.18 bits per heavy atom. The number of hydrogen-bond donors (Lipinski definition) is 0. The van der Waals surface area contributed by atoms with Gasteiger partial charge in [0, 0.05) is 31.1 Å². The predicted octanol–water partition coefficient (Wildman–Crippen LogP) is 2.80. The van der Waals surface area contributed by atoms with Crippen molar-refractivity contribution in [3.05, 3.63) is 41.8 Å². The second-order valence-electron chi connectivity index (χ2n) is 7.84. The number of amides is 2. The molecule has 7 nitrogen and oxygen atoms in total. The molecule has 3 aliphatic rings. The van der Waals surface area contributed by atoms with Gasteiger partial charge < -0.3 is 14.3 Å². The summed E-state index contributed by atoms with van der Waals surface area (Å²) < 4.78 is 18.6. The number of anilines is 1. The Balaban J connectivity index is 1.31. The number of rotatable bonds is 4. The van der Waals surface area contributed by atoms with Gasteiger partial charge in [-0.3, -0.25) is 9.59 Å². The van der Waals surface area contributed by atoms with E-state index in [-0.39, 0.29) is 30.1 Å². The second kappa shape index (κ2) is 6.68. The summed E-state index contributed by atoms with van der Waals surface area (Å²) in [6.45, 7) is 0.940. The van der Waals surface area contributed by atoms with Crippen molar-refractivity contribution in [3.63, 3.8) is 0 Å². The van der Waals surface area contributed by atoms with Gasteiger partial charge in [-0.15, -0.1) is 0 Å². The Labute approximate surface area is 161 Å². The molecule has 0 spiro atoms. The minimum Gasteiger partial charge on any atom is -0.337 e. The Morgan fingerprint density at radius 3 is 2.71 bits per heavy atom. The van der Waals surface area contributed by atoms with Crippen LogP contribution < -0.4 is 4.90 Å². The molecular weight excluding hydrogens is 363 g/mol. The quantitative estimate of drug-likeness (QED) is 0.810. The van der Waals surface area contributed by atoms with Gasteiger partial charge in [0.25, 0.3) is 0 Å². The van der Waals surface area contributed by atoms with E-state index in [9.17, 15) is 14.0 Å². The number of hydrogen-bond acceptors (Lipinski definition) is 5. The van der Waals surface area contributed by atoms with Crippen molar-refractivity contribution in [2.45, 2.75) is 44.1 Å². The Kier molecular flexibility index (Phi) is 4.14. The number of carbonyl (C=O) groups excluding carboxylic acids is 2. The van der Waals surface area contributed by atoms with E-state index >= 15 is 0 Å². The molecule has 1 aromatic carbocycles. The molecule has 2 aliphatic heterocycles. The molecule has 3 fully saturated rings. The SMILES string of the molecule is O=C1CC(C(=O)N2CCCC2c2nc(C3CC3)no2)CN1c1ccc(F)cc1. The molecule has 1 aliphatic carbocycles. The first kappa shape index (κ1) is 17.3. The van der Waals surface area contributed by atoms with Crippen molar-refractivity contribution in [2.24, 2.45) is 5.92 Å². The molecule has 2 amide bonds. The standard InChI is InChI=1S/C20H21FN4O3/c21-14-5-7-15(8-6-14)25-11-13(10-17(25)26)20(27)24-9-1-2-16(24)19-22-18(23-28-19)12-3-4-12/h5-8,12-13,16H,1-4,9-11H2. The molecule has 5 rings (SSSR count). The maximum Gasteiger partial charge on any atom is 0.249 e. The highest BCUT2D eigenvalue weighted by molar-refractivity contribution is 6.00. The van der Waals surface area contributed by atoms with Gasteiger partial charge in [-0.25, -0.2) is 4.39 Å². The number of benzene rings is 1. The van der Waals surface area contributed by atoms with Crippen molar-refractivity contribution >= 4 is 17.5 Å². The van der Waals surface area contributed by atoms with Crippen LogP contribution in [0.1, 0.15) is 55.8 Å². The van der Waals surface area contributed by atoms with Crippen molar-refractivity contribution in [1.82, 2.24) is 15.0 Å². The van der Waals surface area contributed by atoms with Crippen molar-refractivity contribution in [3.8, 4) is 0 Å². The van der Waals surface area contributed by atoms with Crippen molar-refractivity contribution in [2.75, 3.05) is 18.0 Å². The van der Waals surface area contributed by atoms with Gasteiger partial charge >= 0.3 is 0 Å². The highest BCUT2D eigenvalue weighted by Crippen LogP contribution is 2.40. The zero-order valence-electron chi connectivity index (χ0n) is 15.4. The zero-order chi connectivity index (χ0) is 19.3. The Morgan fingerprint density at radius 2 is 1.96 bits per heavy atom. The van der Waals surface area contributed by atoms with Gasteiger partial charge in [0.05, 0.1) is 5.92 Å². The molecule has 0 N–H and O–H groups in total. The number of aromatic nitrogens is 2. The third-order valence-corrected chi connectivity index (χ3v) is 5.83. The zero-order valence-corrected chi connectivity index (χ0v) is 15.4. The largest absolute Gasteiger partial charge is 0.337 e. The first-order chi connectivity index (χ1) is 13.6. The van der Waals surface area contributed by atoms with Crippen LogP contribution in [0.4, 0.5) is 10.1 Å². The predicted molar refractivity (Wildman–Crippen MR) is 96.8 cm³/mol. The first-order valence-electron chi connectivity index (χ1n) is 9.80. The van der Waals surface area contributed by atoms with E-state index in [1.54, 1.807) is 21.9 Å². The summed E-state index contributed by atoms with van der Waals surface area (Å²) in [6, 6.07) is 5.57. The fraction of sp³-hybridized carbons (Fsp3) is 0.500. The van der Waals surface area contributed by atoms with Crippen molar-refractivity contribution in [1.29, 1.82) is 0 Å². The fourth-order valence-corrected chi connectivity index (χ4v) is 4.16. The molecule has 1 aromatic heterocycles. The average Bonchev–Trinajstić information content (AvgIpc) is 3.10. The van der Waals surface area contributed by atoms with Crippen LogP contribution in [-0.2, 0) is 9.59 Å². The lowest BCUT2D eigenvalue weighted by molar-refractivity contribution is -0.137. The maximum absolute atomic E-state index is 13.2. The van der Waals surface area contributed by atoms with Crippen LogP contribution in [0.3, 0.4) is 0 Å². The van der Waals surface area contributed by atoms with Crippen LogP contribution in [0.15, 0.2) is 28.8 Å². The van der Waals surface area contributed by atoms with Gasteiger partial charge in [-0.1, -0.05) is 5.16 Å². The molecule has 1 saturated carbocycles. The molecule has 146 valence electrons. The second-order valence-corrected chi connectivity index (χ2v) is 7.84. The van der Waals surface area contributed by atoms with E-state index < -0.39 is 5.92 Å². The summed E-state index contributed by atoms with van der Waals surface area (Å²) in [5.74, 6) is 0.721. The molecule has 28 heavy (non-hydrogen) atoms.